The molecule has 9 nitrogen and oxygen atoms in total. The Morgan fingerprint density at radius 3 is 2.44 bits per heavy atom. The van der Waals surface area contributed by atoms with Crippen LogP contribution in [0.1, 0.15) is 10.4 Å². The number of hydrogen-bond acceptors (Lipinski definition) is 6. The number of halogens is 1. The summed E-state index contributed by atoms with van der Waals surface area (Å²) in [5, 5.41) is 13.6. The molecule has 2 aromatic carbocycles. The first-order chi connectivity index (χ1) is 12.6. The molecule has 2 aromatic rings. The maximum atomic E-state index is 12.5. The molecule has 0 spiro atoms. The van der Waals surface area contributed by atoms with Gasteiger partial charge in [-0.15, -0.1) is 0 Å². The number of benzene rings is 2. The zero-order valence-corrected chi connectivity index (χ0v) is 17.0. The second-order valence-corrected chi connectivity index (χ2v) is 8.53. The van der Waals surface area contributed by atoms with Crippen LogP contribution in [-0.2, 0) is 10.0 Å². The van der Waals surface area contributed by atoms with Crippen molar-refractivity contribution >= 4 is 43.2 Å². The number of methoxy groups -OCH3 is 1. The molecule has 0 saturated heterocycles. The second kappa shape index (κ2) is 8.03. The average molecular weight is 458 g/mol. The average Bonchev–Trinajstić information content (AvgIpc) is 2.61. The van der Waals surface area contributed by atoms with Gasteiger partial charge in [0, 0.05) is 25.7 Å². The zero-order chi connectivity index (χ0) is 20.4. The van der Waals surface area contributed by atoms with Crippen molar-refractivity contribution in [3.05, 3.63) is 56.5 Å². The van der Waals surface area contributed by atoms with Crippen LogP contribution in [0.2, 0.25) is 0 Å². The summed E-state index contributed by atoms with van der Waals surface area (Å²) in [7, 11) is 0.429. The fourth-order valence-electron chi connectivity index (χ4n) is 2.14. The van der Waals surface area contributed by atoms with Gasteiger partial charge in [-0.2, -0.15) is 0 Å². The monoisotopic (exact) mass is 457 g/mol. The number of anilines is 1. The highest BCUT2D eigenvalue weighted by molar-refractivity contribution is 9.10. The standard InChI is InChI=1S/C16H16BrN3O6S/c1-19(2)27(24,25)11-5-7-15(26-3)13(9-11)18-16(21)10-4-6-12(17)14(8-10)20(22)23/h4-9H,1-3H3,(H,18,21). The van der Waals surface area contributed by atoms with Crippen LogP contribution in [-0.4, -0.2) is 44.8 Å². The summed E-state index contributed by atoms with van der Waals surface area (Å²) < 4.78 is 31.0. The number of nitrogens with one attached hydrogen (secondary N) is 1. The fraction of sp³-hybridized carbons (Fsp3) is 0.188. The first-order valence-electron chi connectivity index (χ1n) is 7.43. The van der Waals surface area contributed by atoms with Gasteiger partial charge in [0.15, 0.2) is 0 Å². The van der Waals surface area contributed by atoms with E-state index in [-0.39, 0.29) is 32.1 Å². The van der Waals surface area contributed by atoms with Gasteiger partial charge >= 0.3 is 0 Å². The minimum absolute atomic E-state index is 0.0350. The molecule has 1 amide bonds. The molecule has 0 bridgehead atoms. The van der Waals surface area contributed by atoms with E-state index in [2.05, 4.69) is 21.2 Å². The minimum Gasteiger partial charge on any atom is -0.495 e. The van der Waals surface area contributed by atoms with Crippen molar-refractivity contribution in [1.82, 2.24) is 4.31 Å². The molecule has 0 atom stereocenters. The number of amides is 1. The van der Waals surface area contributed by atoms with Crippen molar-refractivity contribution in [3.8, 4) is 5.75 Å². The van der Waals surface area contributed by atoms with Gasteiger partial charge in [0.2, 0.25) is 10.0 Å². The number of ether oxygens (including phenoxy) is 1. The largest absolute Gasteiger partial charge is 0.495 e. The Labute approximate surface area is 164 Å². The lowest BCUT2D eigenvalue weighted by Gasteiger charge is -2.15. The molecular weight excluding hydrogens is 442 g/mol. The molecule has 0 aliphatic rings. The van der Waals surface area contributed by atoms with E-state index in [9.17, 15) is 23.3 Å². The van der Waals surface area contributed by atoms with Gasteiger partial charge in [-0.05, 0) is 46.3 Å². The summed E-state index contributed by atoms with van der Waals surface area (Å²) in [5.41, 5.74) is -0.109. The van der Waals surface area contributed by atoms with E-state index in [1.54, 1.807) is 0 Å². The van der Waals surface area contributed by atoms with Crippen molar-refractivity contribution in [2.24, 2.45) is 0 Å². The molecule has 144 valence electrons. The van der Waals surface area contributed by atoms with E-state index in [1.165, 1.54) is 51.5 Å². The molecule has 11 heteroatoms. The summed E-state index contributed by atoms with van der Waals surface area (Å²) in [5.74, 6) is -0.407. The Morgan fingerprint density at radius 2 is 1.89 bits per heavy atom. The molecular formula is C16H16BrN3O6S. The number of nitrogens with zero attached hydrogens (tertiary/aromatic N) is 2. The highest BCUT2D eigenvalue weighted by Gasteiger charge is 2.21. The smallest absolute Gasteiger partial charge is 0.284 e. The van der Waals surface area contributed by atoms with Gasteiger partial charge in [0.1, 0.15) is 5.75 Å². The van der Waals surface area contributed by atoms with Gasteiger partial charge in [-0.25, -0.2) is 12.7 Å². The molecule has 0 radical (unpaired) electrons. The maximum Gasteiger partial charge on any atom is 0.284 e. The van der Waals surface area contributed by atoms with Crippen LogP contribution in [0.3, 0.4) is 0 Å². The molecule has 0 aromatic heterocycles. The van der Waals surface area contributed by atoms with E-state index in [1.807, 2.05) is 0 Å². The first kappa shape index (κ1) is 20.8. The van der Waals surface area contributed by atoms with Gasteiger partial charge in [-0.3, -0.25) is 14.9 Å². The first-order valence-corrected chi connectivity index (χ1v) is 9.67. The quantitative estimate of drug-likeness (QED) is 0.525. The van der Waals surface area contributed by atoms with Crippen LogP contribution in [0.5, 0.6) is 5.75 Å². The molecule has 27 heavy (non-hydrogen) atoms. The predicted molar refractivity (Wildman–Crippen MR) is 103 cm³/mol. The van der Waals surface area contributed by atoms with Crippen molar-refractivity contribution in [3.63, 3.8) is 0 Å². The number of hydrogen-bond donors (Lipinski definition) is 1. The van der Waals surface area contributed by atoms with Crippen LogP contribution >= 0.6 is 15.9 Å². The summed E-state index contributed by atoms with van der Waals surface area (Å²) in [6, 6.07) is 7.94. The third-order valence-corrected chi connectivity index (χ3v) is 6.08. The van der Waals surface area contributed by atoms with Gasteiger partial charge in [0.25, 0.3) is 11.6 Å². The summed E-state index contributed by atoms with van der Waals surface area (Å²) in [6.07, 6.45) is 0. The lowest BCUT2D eigenvalue weighted by molar-refractivity contribution is -0.385. The molecule has 1 N–H and O–H groups in total. The lowest BCUT2D eigenvalue weighted by atomic mass is 10.2. The summed E-state index contributed by atoms with van der Waals surface area (Å²) in [4.78, 5) is 22.9. The molecule has 2 rings (SSSR count). The Bertz CT molecular complexity index is 1010. The number of carbonyl (C=O) groups is 1. The van der Waals surface area contributed by atoms with Crippen LogP contribution in [0.4, 0.5) is 11.4 Å². The lowest BCUT2D eigenvalue weighted by Crippen LogP contribution is -2.22. The second-order valence-electron chi connectivity index (χ2n) is 5.53. The Morgan fingerprint density at radius 1 is 1.22 bits per heavy atom. The predicted octanol–water partition coefficient (Wildman–Crippen LogP) is 2.87. The van der Waals surface area contributed by atoms with Crippen LogP contribution in [0.25, 0.3) is 0 Å². The van der Waals surface area contributed by atoms with Crippen molar-refractivity contribution in [2.75, 3.05) is 26.5 Å². The van der Waals surface area contributed by atoms with Gasteiger partial charge in [-0.1, -0.05) is 0 Å². The third-order valence-electron chi connectivity index (χ3n) is 3.60. The minimum atomic E-state index is -3.72. The molecule has 0 heterocycles. The molecule has 0 aliphatic heterocycles. The fourth-order valence-corrected chi connectivity index (χ4v) is 3.46. The number of sulfonamides is 1. The number of nitro groups is 1. The Kier molecular flexibility index (Phi) is 6.19. The molecule has 0 saturated carbocycles. The molecule has 0 unspecified atom stereocenters. The van der Waals surface area contributed by atoms with Crippen molar-refractivity contribution in [1.29, 1.82) is 0 Å². The van der Waals surface area contributed by atoms with E-state index in [0.29, 0.717) is 0 Å². The normalized spacial score (nSPS) is 11.3. The number of carbonyl (C=O) groups excluding carboxylic acids is 1. The highest BCUT2D eigenvalue weighted by Crippen LogP contribution is 2.30. The topological polar surface area (TPSA) is 119 Å². The van der Waals surface area contributed by atoms with Crippen LogP contribution in [0.15, 0.2) is 45.8 Å². The van der Waals surface area contributed by atoms with Crippen molar-refractivity contribution < 1.29 is 22.9 Å². The Hall–Kier alpha value is -2.50. The van der Waals surface area contributed by atoms with E-state index in [0.717, 1.165) is 10.4 Å². The SMILES string of the molecule is COc1ccc(S(=O)(=O)N(C)C)cc1NC(=O)c1ccc(Br)c([N+](=O)[O-])c1. The number of nitro benzene ring substituents is 1. The van der Waals surface area contributed by atoms with Gasteiger partial charge < -0.3 is 10.1 Å². The molecule has 0 aliphatic carbocycles. The van der Waals surface area contributed by atoms with E-state index in [4.69, 9.17) is 4.74 Å². The number of rotatable bonds is 6. The van der Waals surface area contributed by atoms with Crippen LogP contribution in [0, 0.1) is 10.1 Å². The maximum absolute atomic E-state index is 12.5. The van der Waals surface area contributed by atoms with E-state index >= 15 is 0 Å². The summed E-state index contributed by atoms with van der Waals surface area (Å²) >= 11 is 3.05. The molecule has 0 fully saturated rings. The van der Waals surface area contributed by atoms with Crippen LogP contribution < -0.4 is 10.1 Å². The third kappa shape index (κ3) is 4.43. The Balaban J connectivity index is 2.43. The zero-order valence-electron chi connectivity index (χ0n) is 14.6. The summed E-state index contributed by atoms with van der Waals surface area (Å²) in [6.45, 7) is 0. The van der Waals surface area contributed by atoms with E-state index < -0.39 is 20.9 Å². The highest BCUT2D eigenvalue weighted by atomic mass is 79.9. The van der Waals surface area contributed by atoms with Gasteiger partial charge in [0.05, 0.1) is 27.1 Å². The van der Waals surface area contributed by atoms with Crippen molar-refractivity contribution in [2.45, 2.75) is 4.90 Å².